The first-order chi connectivity index (χ1) is 12.0. The fourth-order valence-corrected chi connectivity index (χ4v) is 4.69. The monoisotopic (exact) mass is 380 g/mol. The van der Waals surface area contributed by atoms with Gasteiger partial charge in [0.15, 0.2) is 0 Å². The Morgan fingerprint density at radius 1 is 1.28 bits per heavy atom. The summed E-state index contributed by atoms with van der Waals surface area (Å²) in [4.78, 5) is 48.3. The first-order valence-corrected chi connectivity index (χ1v) is 9.50. The van der Waals surface area contributed by atoms with E-state index in [2.05, 4.69) is 10.6 Å². The van der Waals surface area contributed by atoms with Crippen LogP contribution in [0.1, 0.15) is 40.6 Å². The Hall–Kier alpha value is -2.13. The highest BCUT2D eigenvalue weighted by atomic mass is 32.2. The number of amides is 3. The van der Waals surface area contributed by atoms with Gasteiger partial charge in [-0.25, -0.2) is 4.79 Å². The van der Waals surface area contributed by atoms with Crippen molar-refractivity contribution in [2.75, 3.05) is 11.9 Å². The SMILES string of the molecule is CCOC(=O)c1c(NC(=O)/C=C2\SC(=O)NC2=O)sc2c1CCCC2. The first-order valence-electron chi connectivity index (χ1n) is 7.87. The summed E-state index contributed by atoms with van der Waals surface area (Å²) in [7, 11) is 0. The number of fused-ring (bicyclic) bond motifs is 1. The maximum Gasteiger partial charge on any atom is 0.341 e. The zero-order chi connectivity index (χ0) is 18.0. The molecule has 1 aromatic rings. The van der Waals surface area contributed by atoms with Crippen LogP contribution in [-0.2, 0) is 27.2 Å². The third kappa shape index (κ3) is 3.77. The van der Waals surface area contributed by atoms with E-state index in [0.717, 1.165) is 42.2 Å². The van der Waals surface area contributed by atoms with Gasteiger partial charge in [-0.05, 0) is 49.9 Å². The minimum atomic E-state index is -0.596. The Bertz CT molecular complexity index is 797. The smallest absolute Gasteiger partial charge is 0.341 e. The van der Waals surface area contributed by atoms with Crippen molar-refractivity contribution in [1.29, 1.82) is 0 Å². The van der Waals surface area contributed by atoms with E-state index < -0.39 is 23.0 Å². The zero-order valence-electron chi connectivity index (χ0n) is 13.5. The van der Waals surface area contributed by atoms with E-state index in [0.29, 0.717) is 22.3 Å². The van der Waals surface area contributed by atoms with Crippen molar-refractivity contribution in [2.45, 2.75) is 32.6 Å². The number of carbonyl (C=O) groups is 4. The molecule has 9 heteroatoms. The molecule has 0 atom stereocenters. The number of carbonyl (C=O) groups excluding carboxylic acids is 4. The van der Waals surface area contributed by atoms with Crippen molar-refractivity contribution in [2.24, 2.45) is 0 Å². The molecule has 0 bridgehead atoms. The molecule has 7 nitrogen and oxygen atoms in total. The van der Waals surface area contributed by atoms with E-state index in [4.69, 9.17) is 4.74 Å². The molecule has 2 N–H and O–H groups in total. The predicted octanol–water partition coefficient (Wildman–Crippen LogP) is 2.61. The number of anilines is 1. The van der Waals surface area contributed by atoms with Gasteiger partial charge < -0.3 is 10.1 Å². The van der Waals surface area contributed by atoms with E-state index in [1.165, 1.54) is 11.3 Å². The highest BCUT2D eigenvalue weighted by Gasteiger charge is 2.29. The molecule has 25 heavy (non-hydrogen) atoms. The Labute approximate surface area is 152 Å². The number of rotatable bonds is 4. The summed E-state index contributed by atoms with van der Waals surface area (Å²) in [6.45, 7) is 1.98. The number of esters is 1. The van der Waals surface area contributed by atoms with E-state index in [9.17, 15) is 19.2 Å². The molecule has 1 aliphatic carbocycles. The summed E-state index contributed by atoms with van der Waals surface area (Å²) in [5.41, 5.74) is 1.36. The van der Waals surface area contributed by atoms with Crippen LogP contribution >= 0.6 is 23.1 Å². The van der Waals surface area contributed by atoms with Gasteiger partial charge >= 0.3 is 5.97 Å². The fourth-order valence-electron chi connectivity index (χ4n) is 2.76. The van der Waals surface area contributed by atoms with Crippen LogP contribution in [0.25, 0.3) is 0 Å². The molecule has 0 unspecified atom stereocenters. The summed E-state index contributed by atoms with van der Waals surface area (Å²) in [6, 6.07) is 0. The average molecular weight is 380 g/mol. The van der Waals surface area contributed by atoms with Crippen molar-refractivity contribution in [3.8, 4) is 0 Å². The van der Waals surface area contributed by atoms with E-state index in [-0.39, 0.29) is 11.5 Å². The lowest BCUT2D eigenvalue weighted by atomic mass is 9.95. The predicted molar refractivity (Wildman–Crippen MR) is 94.8 cm³/mol. The Morgan fingerprint density at radius 3 is 2.72 bits per heavy atom. The maximum atomic E-state index is 12.3. The first kappa shape index (κ1) is 17.7. The summed E-state index contributed by atoms with van der Waals surface area (Å²) in [5.74, 6) is -1.61. The van der Waals surface area contributed by atoms with Crippen LogP contribution in [0.4, 0.5) is 9.80 Å². The van der Waals surface area contributed by atoms with Gasteiger partial charge in [0, 0.05) is 11.0 Å². The van der Waals surface area contributed by atoms with Gasteiger partial charge in [0.25, 0.3) is 11.1 Å². The van der Waals surface area contributed by atoms with Gasteiger partial charge in [0.2, 0.25) is 5.91 Å². The van der Waals surface area contributed by atoms with Crippen LogP contribution in [0.2, 0.25) is 0 Å². The molecule has 1 aliphatic heterocycles. The van der Waals surface area contributed by atoms with Gasteiger partial charge in [-0.3, -0.25) is 19.7 Å². The minimum absolute atomic E-state index is 0.0292. The van der Waals surface area contributed by atoms with Gasteiger partial charge in [-0.15, -0.1) is 11.3 Å². The molecule has 0 aromatic carbocycles. The number of hydrogen-bond donors (Lipinski definition) is 2. The third-order valence-corrected chi connectivity index (χ3v) is 5.81. The molecular formula is C16H16N2O5S2. The minimum Gasteiger partial charge on any atom is -0.462 e. The van der Waals surface area contributed by atoms with E-state index >= 15 is 0 Å². The van der Waals surface area contributed by atoms with E-state index in [1.807, 2.05) is 0 Å². The third-order valence-electron chi connectivity index (χ3n) is 3.79. The van der Waals surface area contributed by atoms with Gasteiger partial charge in [-0.1, -0.05) is 0 Å². The second-order valence-corrected chi connectivity index (χ2v) is 7.60. The molecule has 0 saturated carbocycles. The number of thioether (sulfide) groups is 1. The van der Waals surface area contributed by atoms with Crippen LogP contribution in [0.5, 0.6) is 0 Å². The lowest BCUT2D eigenvalue weighted by Crippen LogP contribution is -2.19. The van der Waals surface area contributed by atoms with Gasteiger partial charge in [-0.2, -0.15) is 0 Å². The molecule has 3 rings (SSSR count). The molecule has 2 heterocycles. The number of hydrogen-bond acceptors (Lipinski definition) is 7. The molecular weight excluding hydrogens is 364 g/mol. The number of imide groups is 1. The van der Waals surface area contributed by atoms with Crippen LogP contribution < -0.4 is 10.6 Å². The Morgan fingerprint density at radius 2 is 2.04 bits per heavy atom. The molecule has 2 aliphatic rings. The molecule has 1 aromatic heterocycles. The topological polar surface area (TPSA) is 102 Å². The Balaban J connectivity index is 1.86. The molecule has 1 fully saturated rings. The highest BCUT2D eigenvalue weighted by Crippen LogP contribution is 2.38. The number of nitrogens with one attached hydrogen (secondary N) is 2. The lowest BCUT2D eigenvalue weighted by Gasteiger charge is -2.12. The highest BCUT2D eigenvalue weighted by molar-refractivity contribution is 8.18. The normalized spacial score (nSPS) is 18.0. The fraction of sp³-hybridized carbons (Fsp3) is 0.375. The van der Waals surface area contributed by atoms with Crippen molar-refractivity contribution in [3.63, 3.8) is 0 Å². The lowest BCUT2D eigenvalue weighted by molar-refractivity contribution is -0.116. The second-order valence-electron chi connectivity index (χ2n) is 5.48. The number of aryl methyl sites for hydroxylation is 1. The van der Waals surface area contributed by atoms with Gasteiger partial charge in [0.1, 0.15) is 5.00 Å². The summed E-state index contributed by atoms with van der Waals surface area (Å²) in [5, 5.41) is 4.68. The molecule has 0 radical (unpaired) electrons. The quantitative estimate of drug-likeness (QED) is 0.615. The van der Waals surface area contributed by atoms with Crippen LogP contribution in [0, 0.1) is 0 Å². The van der Waals surface area contributed by atoms with Crippen molar-refractivity contribution < 1.29 is 23.9 Å². The van der Waals surface area contributed by atoms with Crippen molar-refractivity contribution >= 4 is 51.1 Å². The Kier molecular flexibility index (Phi) is 5.24. The summed E-state index contributed by atoms with van der Waals surface area (Å²) >= 11 is 2.04. The zero-order valence-corrected chi connectivity index (χ0v) is 15.1. The second kappa shape index (κ2) is 7.40. The van der Waals surface area contributed by atoms with Crippen LogP contribution in [0.3, 0.4) is 0 Å². The summed E-state index contributed by atoms with van der Waals surface area (Å²) < 4.78 is 5.13. The standard InChI is InChI=1S/C16H16N2O5S2/c1-2-23-15(21)12-8-5-3-4-6-9(8)24-14(12)17-11(19)7-10-13(20)18-16(22)25-10/h7H,2-6H2,1H3,(H,17,19)(H,18,20,22)/b10-7-. The van der Waals surface area contributed by atoms with Crippen molar-refractivity contribution in [1.82, 2.24) is 5.32 Å². The molecule has 1 saturated heterocycles. The average Bonchev–Trinajstić information content (AvgIpc) is 3.06. The molecule has 132 valence electrons. The molecule has 0 spiro atoms. The van der Waals surface area contributed by atoms with Crippen molar-refractivity contribution in [3.05, 3.63) is 27.0 Å². The van der Waals surface area contributed by atoms with E-state index in [1.54, 1.807) is 6.92 Å². The van der Waals surface area contributed by atoms with Gasteiger partial charge in [0.05, 0.1) is 17.1 Å². The van der Waals surface area contributed by atoms with Crippen LogP contribution in [-0.4, -0.2) is 29.6 Å². The maximum absolute atomic E-state index is 12.3. The largest absolute Gasteiger partial charge is 0.462 e. The number of ether oxygens (including phenoxy) is 1. The number of thiophene rings is 1. The molecule has 3 amide bonds. The summed E-state index contributed by atoms with van der Waals surface area (Å²) in [6.07, 6.45) is 4.76. The van der Waals surface area contributed by atoms with Crippen LogP contribution in [0.15, 0.2) is 11.0 Å².